The highest BCUT2D eigenvalue weighted by atomic mass is 16.5. The number of hydrogen-bond donors (Lipinski definition) is 1. The first-order valence-corrected chi connectivity index (χ1v) is 5.05. The molecule has 0 amide bonds. The van der Waals surface area contributed by atoms with E-state index in [2.05, 4.69) is 11.7 Å². The second kappa shape index (κ2) is 3.93. The molecule has 2 aromatic rings. The van der Waals surface area contributed by atoms with E-state index in [1.165, 1.54) is 7.11 Å². The number of anilines is 1. The topological polar surface area (TPSA) is 70.1 Å². The fourth-order valence-electron chi connectivity index (χ4n) is 1.83. The van der Waals surface area contributed by atoms with E-state index >= 15 is 0 Å². The number of carbonyl (C=O) groups is 1. The average molecular weight is 231 g/mol. The third kappa shape index (κ3) is 1.56. The molecule has 1 aromatic heterocycles. The Morgan fingerprint density at radius 1 is 1.65 bits per heavy atom. The Labute approximate surface area is 98.5 Å². The van der Waals surface area contributed by atoms with Crippen LogP contribution in [-0.4, -0.2) is 22.9 Å². The zero-order chi connectivity index (χ0) is 12.6. The summed E-state index contributed by atoms with van der Waals surface area (Å²) in [4.78, 5) is 11.7. The first kappa shape index (κ1) is 11.2. The van der Waals surface area contributed by atoms with Crippen LogP contribution in [0.3, 0.4) is 0 Å². The molecule has 2 rings (SSSR count). The van der Waals surface area contributed by atoms with Gasteiger partial charge < -0.3 is 10.5 Å². The van der Waals surface area contributed by atoms with E-state index in [0.29, 0.717) is 16.8 Å². The van der Waals surface area contributed by atoms with Crippen LogP contribution < -0.4 is 5.73 Å². The molecule has 2 N–H and O–H groups in total. The zero-order valence-electron chi connectivity index (χ0n) is 9.73. The van der Waals surface area contributed by atoms with Crippen molar-refractivity contribution in [2.75, 3.05) is 12.8 Å². The van der Waals surface area contributed by atoms with Crippen LogP contribution in [-0.2, 0) is 11.8 Å². The lowest BCUT2D eigenvalue weighted by atomic mass is 10.0. The highest BCUT2D eigenvalue weighted by Crippen LogP contribution is 2.29. The Morgan fingerprint density at radius 3 is 2.94 bits per heavy atom. The number of nitrogen functional groups attached to an aromatic ring is 1. The minimum absolute atomic E-state index is 0.399. The van der Waals surface area contributed by atoms with E-state index in [4.69, 9.17) is 10.5 Å². The van der Waals surface area contributed by atoms with Crippen LogP contribution in [0.2, 0.25) is 0 Å². The maximum absolute atomic E-state index is 11.7. The molecular weight excluding hydrogens is 218 g/mol. The summed E-state index contributed by atoms with van der Waals surface area (Å²) < 4.78 is 6.38. The molecule has 0 saturated carbocycles. The first-order chi connectivity index (χ1) is 8.10. The number of aromatic nitrogens is 2. The lowest BCUT2D eigenvalue weighted by molar-refractivity contribution is 0.0600. The molecule has 0 bridgehead atoms. The number of nitrogens with two attached hydrogens (primary N) is 1. The van der Waals surface area contributed by atoms with Crippen LogP contribution in [0.15, 0.2) is 18.8 Å². The van der Waals surface area contributed by atoms with Crippen molar-refractivity contribution in [3.05, 3.63) is 30.0 Å². The summed E-state index contributed by atoms with van der Waals surface area (Å²) in [5.74, 6) is -0.435. The monoisotopic (exact) mass is 231 g/mol. The van der Waals surface area contributed by atoms with E-state index < -0.39 is 5.97 Å². The predicted molar refractivity (Wildman–Crippen MR) is 66.6 cm³/mol. The molecule has 0 aliphatic heterocycles. The Balaban J connectivity index is 2.86. The van der Waals surface area contributed by atoms with Gasteiger partial charge in [-0.25, -0.2) is 4.79 Å². The number of hydrogen-bond acceptors (Lipinski definition) is 4. The Hall–Kier alpha value is -2.30. The quantitative estimate of drug-likeness (QED) is 0.629. The van der Waals surface area contributed by atoms with Crippen molar-refractivity contribution in [1.82, 2.24) is 9.78 Å². The number of rotatable bonds is 2. The number of nitrogens with zero attached hydrogens (tertiary/aromatic N) is 2. The predicted octanol–water partition coefficient (Wildman–Crippen LogP) is 1.59. The van der Waals surface area contributed by atoms with Crippen LogP contribution >= 0.6 is 0 Å². The summed E-state index contributed by atoms with van der Waals surface area (Å²) in [6, 6.07) is 1.71. The van der Waals surface area contributed by atoms with Gasteiger partial charge >= 0.3 is 5.97 Å². The maximum Gasteiger partial charge on any atom is 0.338 e. The van der Waals surface area contributed by atoms with Gasteiger partial charge in [-0.05, 0) is 6.07 Å². The SMILES string of the molecule is C=Cc1c(C(=O)OC)cc2c(cnn2C)c1N. The second-order valence-corrected chi connectivity index (χ2v) is 3.65. The molecule has 0 radical (unpaired) electrons. The van der Waals surface area contributed by atoms with Crippen molar-refractivity contribution in [2.45, 2.75) is 0 Å². The summed E-state index contributed by atoms with van der Waals surface area (Å²) in [5.41, 5.74) is 8.26. The van der Waals surface area contributed by atoms with E-state index in [-0.39, 0.29) is 0 Å². The standard InChI is InChI=1S/C12H13N3O2/c1-4-7-8(12(16)17-3)5-10-9(11(7)13)6-14-15(10)2/h4-6H,1,13H2,2-3H3. The summed E-state index contributed by atoms with van der Waals surface area (Å²) in [5, 5.41) is 4.91. The van der Waals surface area contributed by atoms with Crippen LogP contribution in [0.1, 0.15) is 15.9 Å². The number of fused-ring (bicyclic) bond motifs is 1. The number of carbonyl (C=O) groups excluding carboxylic acids is 1. The van der Waals surface area contributed by atoms with Gasteiger partial charge in [0.15, 0.2) is 0 Å². The minimum Gasteiger partial charge on any atom is -0.465 e. The van der Waals surface area contributed by atoms with E-state index in [9.17, 15) is 4.79 Å². The summed E-state index contributed by atoms with van der Waals surface area (Å²) >= 11 is 0. The molecule has 1 aromatic carbocycles. The van der Waals surface area contributed by atoms with Gasteiger partial charge in [0.2, 0.25) is 0 Å². The molecule has 88 valence electrons. The average Bonchev–Trinajstić information content (AvgIpc) is 2.70. The molecular formula is C12H13N3O2. The highest BCUT2D eigenvalue weighted by Gasteiger charge is 2.17. The molecule has 5 nitrogen and oxygen atoms in total. The highest BCUT2D eigenvalue weighted by molar-refractivity contribution is 6.05. The van der Waals surface area contributed by atoms with Crippen molar-refractivity contribution in [1.29, 1.82) is 0 Å². The largest absolute Gasteiger partial charge is 0.465 e. The summed E-state index contributed by atoms with van der Waals surface area (Å²) in [6.45, 7) is 3.67. The Kier molecular flexibility index (Phi) is 2.59. The molecule has 0 aliphatic carbocycles. The number of benzene rings is 1. The number of esters is 1. The van der Waals surface area contributed by atoms with Crippen molar-refractivity contribution in [2.24, 2.45) is 7.05 Å². The van der Waals surface area contributed by atoms with Gasteiger partial charge in [0.05, 0.1) is 30.1 Å². The van der Waals surface area contributed by atoms with Gasteiger partial charge in [-0.15, -0.1) is 0 Å². The zero-order valence-corrected chi connectivity index (χ0v) is 9.73. The van der Waals surface area contributed by atoms with Crippen LogP contribution in [0.5, 0.6) is 0 Å². The van der Waals surface area contributed by atoms with Gasteiger partial charge in [-0.2, -0.15) is 5.10 Å². The lowest BCUT2D eigenvalue weighted by Crippen LogP contribution is -2.07. The van der Waals surface area contributed by atoms with Crippen molar-refractivity contribution in [3.63, 3.8) is 0 Å². The van der Waals surface area contributed by atoms with Crippen LogP contribution in [0, 0.1) is 0 Å². The molecule has 0 spiro atoms. The second-order valence-electron chi connectivity index (χ2n) is 3.65. The van der Waals surface area contributed by atoms with Gasteiger partial charge in [0, 0.05) is 18.0 Å². The lowest BCUT2D eigenvalue weighted by Gasteiger charge is -2.09. The van der Waals surface area contributed by atoms with Crippen LogP contribution in [0.25, 0.3) is 17.0 Å². The number of methoxy groups -OCH3 is 1. The smallest absolute Gasteiger partial charge is 0.338 e. The normalized spacial score (nSPS) is 10.5. The third-order valence-electron chi connectivity index (χ3n) is 2.75. The fraction of sp³-hybridized carbons (Fsp3) is 0.167. The molecule has 0 fully saturated rings. The molecule has 17 heavy (non-hydrogen) atoms. The third-order valence-corrected chi connectivity index (χ3v) is 2.75. The van der Waals surface area contributed by atoms with E-state index in [0.717, 1.165) is 10.9 Å². The van der Waals surface area contributed by atoms with Gasteiger partial charge in [0.25, 0.3) is 0 Å². The molecule has 0 saturated heterocycles. The van der Waals surface area contributed by atoms with E-state index in [1.54, 1.807) is 30.1 Å². The molecule has 0 aliphatic rings. The molecule has 0 unspecified atom stereocenters. The molecule has 0 atom stereocenters. The van der Waals surface area contributed by atoms with Gasteiger partial charge in [0.1, 0.15) is 0 Å². The minimum atomic E-state index is -0.435. The van der Waals surface area contributed by atoms with Gasteiger partial charge in [-0.1, -0.05) is 12.7 Å². The number of ether oxygens (including phenoxy) is 1. The number of aryl methyl sites for hydroxylation is 1. The maximum atomic E-state index is 11.7. The van der Waals surface area contributed by atoms with E-state index in [1.807, 2.05) is 0 Å². The molecule has 5 heteroatoms. The summed E-state index contributed by atoms with van der Waals surface area (Å²) in [6.07, 6.45) is 3.22. The van der Waals surface area contributed by atoms with Crippen molar-refractivity contribution < 1.29 is 9.53 Å². The van der Waals surface area contributed by atoms with Crippen molar-refractivity contribution in [3.8, 4) is 0 Å². The fourth-order valence-corrected chi connectivity index (χ4v) is 1.83. The van der Waals surface area contributed by atoms with Crippen LogP contribution in [0.4, 0.5) is 5.69 Å². The molecule has 1 heterocycles. The Bertz CT molecular complexity index is 614. The summed E-state index contributed by atoms with van der Waals surface area (Å²) in [7, 11) is 3.12. The van der Waals surface area contributed by atoms with Crippen molar-refractivity contribution >= 4 is 28.6 Å². The van der Waals surface area contributed by atoms with Gasteiger partial charge in [-0.3, -0.25) is 4.68 Å². The Morgan fingerprint density at radius 2 is 2.35 bits per heavy atom. The first-order valence-electron chi connectivity index (χ1n) is 5.05.